The molecule has 2 aromatic heterocycles. The Morgan fingerprint density at radius 1 is 0.938 bits per heavy atom. The van der Waals surface area contributed by atoms with Crippen LogP contribution in [0.15, 0.2) is 60.2 Å². The van der Waals surface area contributed by atoms with Gasteiger partial charge in [-0.25, -0.2) is 15.0 Å². The molecular formula is C25H23N5OS. The highest BCUT2D eigenvalue weighted by molar-refractivity contribution is 7.03. The molecule has 0 N–H and O–H groups in total. The van der Waals surface area contributed by atoms with Gasteiger partial charge in [0.1, 0.15) is 5.51 Å². The van der Waals surface area contributed by atoms with Gasteiger partial charge in [-0.15, -0.1) is 0 Å². The summed E-state index contributed by atoms with van der Waals surface area (Å²) in [6.07, 6.45) is 2.87. The molecule has 4 heterocycles. The molecule has 32 heavy (non-hydrogen) atoms. The lowest BCUT2D eigenvalue weighted by Gasteiger charge is -2.43. The van der Waals surface area contributed by atoms with Crippen LogP contribution in [0.3, 0.4) is 0 Å². The molecule has 0 unspecified atom stereocenters. The van der Waals surface area contributed by atoms with Crippen molar-refractivity contribution in [3.63, 3.8) is 0 Å². The van der Waals surface area contributed by atoms with Crippen molar-refractivity contribution in [2.45, 2.75) is 25.3 Å². The molecule has 7 heteroatoms. The van der Waals surface area contributed by atoms with E-state index >= 15 is 0 Å². The van der Waals surface area contributed by atoms with E-state index in [1.165, 1.54) is 39.5 Å². The predicted octanol–water partition coefficient (Wildman–Crippen LogP) is 4.18. The Morgan fingerprint density at radius 3 is 2.34 bits per heavy atom. The third kappa shape index (κ3) is 3.29. The molecule has 0 saturated carbocycles. The van der Waals surface area contributed by atoms with Gasteiger partial charge < -0.3 is 9.64 Å². The molecule has 0 radical (unpaired) electrons. The van der Waals surface area contributed by atoms with Gasteiger partial charge >= 0.3 is 0 Å². The van der Waals surface area contributed by atoms with E-state index in [-0.39, 0.29) is 5.41 Å². The maximum absolute atomic E-state index is 5.67. The van der Waals surface area contributed by atoms with Crippen LogP contribution in [0.2, 0.25) is 0 Å². The second-order valence-electron chi connectivity index (χ2n) is 8.58. The van der Waals surface area contributed by atoms with Crippen molar-refractivity contribution in [1.29, 1.82) is 0 Å². The van der Waals surface area contributed by atoms with Crippen LogP contribution in [0.25, 0.3) is 11.6 Å². The molecule has 160 valence electrons. The second-order valence-corrected chi connectivity index (χ2v) is 9.18. The van der Waals surface area contributed by atoms with Gasteiger partial charge in [-0.2, -0.15) is 4.37 Å². The van der Waals surface area contributed by atoms with Gasteiger partial charge in [0.15, 0.2) is 5.82 Å². The Bertz CT molecular complexity index is 1230. The normalized spacial score (nSPS) is 17.0. The highest BCUT2D eigenvalue weighted by Gasteiger charge is 2.42. The highest BCUT2D eigenvalue weighted by atomic mass is 32.1. The van der Waals surface area contributed by atoms with Crippen molar-refractivity contribution in [3.8, 4) is 11.6 Å². The standard InChI is InChI=1S/C25H23N5OS/c1-17-2-4-19(5-3-17)25(14-31-15-25)20-6-8-21(9-7-20)30-11-10-18-12-26-23(28-22(18)13-30)24-27-16-32-29-24/h2-9,12,16H,10-11,13-15H2,1H3. The lowest BCUT2D eigenvalue weighted by molar-refractivity contribution is -0.0379. The lowest BCUT2D eigenvalue weighted by atomic mass is 9.73. The zero-order valence-corrected chi connectivity index (χ0v) is 18.7. The molecule has 2 aliphatic rings. The molecule has 0 aliphatic carbocycles. The molecule has 0 amide bonds. The quantitative estimate of drug-likeness (QED) is 0.473. The number of aryl methyl sites for hydroxylation is 1. The molecule has 0 atom stereocenters. The van der Waals surface area contributed by atoms with Crippen molar-refractivity contribution >= 4 is 17.2 Å². The summed E-state index contributed by atoms with van der Waals surface area (Å²) in [6, 6.07) is 17.8. The van der Waals surface area contributed by atoms with Gasteiger partial charge in [-0.1, -0.05) is 42.0 Å². The third-order valence-corrected chi connectivity index (χ3v) is 7.07. The monoisotopic (exact) mass is 441 g/mol. The van der Waals surface area contributed by atoms with Crippen molar-refractivity contribution in [1.82, 2.24) is 19.3 Å². The molecule has 6 rings (SSSR count). The van der Waals surface area contributed by atoms with Gasteiger partial charge in [-0.3, -0.25) is 0 Å². The zero-order chi connectivity index (χ0) is 21.5. The first-order chi connectivity index (χ1) is 15.7. The van der Waals surface area contributed by atoms with E-state index in [9.17, 15) is 0 Å². The number of hydrogen-bond acceptors (Lipinski definition) is 7. The smallest absolute Gasteiger partial charge is 0.210 e. The molecular weight excluding hydrogens is 418 g/mol. The molecule has 1 saturated heterocycles. The van der Waals surface area contributed by atoms with Crippen LogP contribution in [0.1, 0.15) is 27.9 Å². The van der Waals surface area contributed by atoms with Gasteiger partial charge in [0.05, 0.1) is 30.9 Å². The molecule has 4 aromatic rings. The van der Waals surface area contributed by atoms with E-state index in [0.717, 1.165) is 38.4 Å². The van der Waals surface area contributed by atoms with Crippen LogP contribution < -0.4 is 4.90 Å². The van der Waals surface area contributed by atoms with E-state index in [1.807, 2.05) is 6.20 Å². The molecule has 6 nitrogen and oxygen atoms in total. The van der Waals surface area contributed by atoms with Gasteiger partial charge in [0, 0.05) is 18.4 Å². The van der Waals surface area contributed by atoms with Crippen LogP contribution in [0.5, 0.6) is 0 Å². The van der Waals surface area contributed by atoms with Gasteiger partial charge in [0.25, 0.3) is 0 Å². The van der Waals surface area contributed by atoms with Crippen LogP contribution in [-0.4, -0.2) is 39.1 Å². The van der Waals surface area contributed by atoms with Gasteiger partial charge in [-0.05, 0) is 53.7 Å². The van der Waals surface area contributed by atoms with E-state index < -0.39 is 0 Å². The summed E-state index contributed by atoms with van der Waals surface area (Å²) in [5, 5.41) is 0. The van der Waals surface area contributed by atoms with Crippen molar-refractivity contribution in [2.75, 3.05) is 24.7 Å². The SMILES string of the molecule is Cc1ccc(C2(c3ccc(N4CCc5cnc(-c6ncsn6)nc5C4)cc3)COC2)cc1. The summed E-state index contributed by atoms with van der Waals surface area (Å²) in [7, 11) is 0. The number of aromatic nitrogens is 4. The first-order valence-electron chi connectivity index (χ1n) is 10.8. The fraction of sp³-hybridized carbons (Fsp3) is 0.280. The summed E-state index contributed by atoms with van der Waals surface area (Å²) in [6.45, 7) is 5.31. The maximum Gasteiger partial charge on any atom is 0.210 e. The summed E-state index contributed by atoms with van der Waals surface area (Å²) >= 11 is 1.32. The Labute approximate surface area is 191 Å². The Hall–Kier alpha value is -3.16. The summed E-state index contributed by atoms with van der Waals surface area (Å²) in [5.74, 6) is 1.20. The van der Waals surface area contributed by atoms with E-state index in [1.54, 1.807) is 5.51 Å². The zero-order valence-electron chi connectivity index (χ0n) is 17.9. The number of hydrogen-bond donors (Lipinski definition) is 0. The van der Waals surface area contributed by atoms with Crippen molar-refractivity contribution in [2.24, 2.45) is 0 Å². The summed E-state index contributed by atoms with van der Waals surface area (Å²) < 4.78 is 9.94. The first-order valence-corrected chi connectivity index (χ1v) is 11.7. The van der Waals surface area contributed by atoms with Gasteiger partial charge in [0.2, 0.25) is 5.82 Å². The minimum Gasteiger partial charge on any atom is -0.379 e. The molecule has 2 aliphatic heterocycles. The number of fused-ring (bicyclic) bond motifs is 1. The maximum atomic E-state index is 5.67. The number of rotatable bonds is 4. The van der Waals surface area contributed by atoms with Crippen LogP contribution in [0.4, 0.5) is 5.69 Å². The van der Waals surface area contributed by atoms with Crippen LogP contribution in [0, 0.1) is 6.92 Å². The van der Waals surface area contributed by atoms with Crippen LogP contribution >= 0.6 is 11.5 Å². The topological polar surface area (TPSA) is 64.0 Å². The van der Waals surface area contributed by atoms with Crippen molar-refractivity contribution < 1.29 is 4.74 Å². The van der Waals surface area contributed by atoms with Crippen LogP contribution in [-0.2, 0) is 23.1 Å². The molecule has 0 bridgehead atoms. The number of benzene rings is 2. The molecule has 2 aromatic carbocycles. The average Bonchev–Trinajstić information content (AvgIpc) is 3.34. The number of nitrogens with zero attached hydrogens (tertiary/aromatic N) is 5. The summed E-state index contributed by atoms with van der Waals surface area (Å²) in [4.78, 5) is 15.9. The minimum atomic E-state index is -0.0383. The highest BCUT2D eigenvalue weighted by Crippen LogP contribution is 2.40. The first kappa shape index (κ1) is 19.5. The predicted molar refractivity (Wildman–Crippen MR) is 125 cm³/mol. The molecule has 0 spiro atoms. The van der Waals surface area contributed by atoms with E-state index in [4.69, 9.17) is 9.72 Å². The minimum absolute atomic E-state index is 0.0383. The number of ether oxygens (including phenoxy) is 1. The second kappa shape index (κ2) is 7.76. The fourth-order valence-electron chi connectivity index (χ4n) is 4.57. The third-order valence-electron chi connectivity index (χ3n) is 6.59. The average molecular weight is 442 g/mol. The largest absolute Gasteiger partial charge is 0.379 e. The van der Waals surface area contributed by atoms with Crippen molar-refractivity contribution in [3.05, 3.63) is 88.2 Å². The van der Waals surface area contributed by atoms with E-state index in [0.29, 0.717) is 11.6 Å². The summed E-state index contributed by atoms with van der Waals surface area (Å²) in [5.41, 5.74) is 9.08. The Balaban J connectivity index is 1.25. The Kier molecular flexibility index (Phi) is 4.73. The lowest BCUT2D eigenvalue weighted by Crippen LogP contribution is -2.47. The number of anilines is 1. The Morgan fingerprint density at radius 2 is 1.69 bits per heavy atom. The fourth-order valence-corrected chi connectivity index (χ4v) is 4.99. The molecule has 1 fully saturated rings. The van der Waals surface area contributed by atoms with E-state index in [2.05, 4.69) is 74.7 Å².